The fraction of sp³-hybridized carbons (Fsp3) is 0.615. The van der Waals surface area contributed by atoms with Gasteiger partial charge in [-0.25, -0.2) is 0 Å². The molecule has 0 aliphatic rings. The van der Waals surface area contributed by atoms with Crippen molar-refractivity contribution in [2.45, 2.75) is 26.3 Å². The molecule has 1 unspecified atom stereocenters. The average molecular weight is 251 g/mol. The highest BCUT2D eigenvalue weighted by Crippen LogP contribution is 2.15. The summed E-state index contributed by atoms with van der Waals surface area (Å²) in [6.07, 6.45) is 1.09. The molecule has 0 radical (unpaired) electrons. The SMILES string of the molecule is CCN(CC)CCCNC(C#N)c1ccsc1. The molecular formula is C13H21N3S. The van der Waals surface area contributed by atoms with E-state index in [9.17, 15) is 0 Å². The molecule has 1 aromatic rings. The summed E-state index contributed by atoms with van der Waals surface area (Å²) in [5.74, 6) is 0. The third kappa shape index (κ3) is 4.86. The van der Waals surface area contributed by atoms with Gasteiger partial charge in [0.25, 0.3) is 0 Å². The van der Waals surface area contributed by atoms with Crippen LogP contribution in [0.2, 0.25) is 0 Å². The second-order valence-corrected chi connectivity index (χ2v) is 4.73. The van der Waals surface area contributed by atoms with Crippen molar-refractivity contribution in [2.75, 3.05) is 26.2 Å². The first-order chi connectivity index (χ1) is 8.31. The molecule has 1 aromatic heterocycles. The topological polar surface area (TPSA) is 39.1 Å². The standard InChI is InChI=1S/C13H21N3S/c1-3-16(4-2)8-5-7-15-13(10-14)12-6-9-17-11-12/h6,9,11,13,15H,3-5,7-8H2,1-2H3. The van der Waals surface area contributed by atoms with Gasteiger partial charge in [-0.05, 0) is 55.0 Å². The van der Waals surface area contributed by atoms with Crippen LogP contribution in [0.25, 0.3) is 0 Å². The summed E-state index contributed by atoms with van der Waals surface area (Å²) in [6, 6.07) is 4.16. The molecule has 0 aliphatic heterocycles. The zero-order valence-electron chi connectivity index (χ0n) is 10.6. The quantitative estimate of drug-likeness (QED) is 0.722. The Morgan fingerprint density at radius 1 is 1.47 bits per heavy atom. The van der Waals surface area contributed by atoms with Crippen LogP contribution in [-0.4, -0.2) is 31.1 Å². The maximum atomic E-state index is 9.08. The molecule has 1 atom stereocenters. The lowest BCUT2D eigenvalue weighted by molar-refractivity contribution is 0.297. The third-order valence-corrected chi connectivity index (χ3v) is 3.60. The summed E-state index contributed by atoms with van der Waals surface area (Å²) in [6.45, 7) is 8.55. The summed E-state index contributed by atoms with van der Waals surface area (Å²) in [5, 5.41) is 16.4. The van der Waals surface area contributed by atoms with Gasteiger partial charge in [-0.1, -0.05) is 13.8 Å². The first-order valence-electron chi connectivity index (χ1n) is 6.19. The molecule has 1 N–H and O–H groups in total. The molecule has 0 amide bonds. The van der Waals surface area contributed by atoms with Crippen molar-refractivity contribution in [3.05, 3.63) is 22.4 Å². The van der Waals surface area contributed by atoms with Crippen LogP contribution < -0.4 is 5.32 Å². The molecule has 3 nitrogen and oxygen atoms in total. The van der Waals surface area contributed by atoms with Gasteiger partial charge in [-0.15, -0.1) is 0 Å². The Hall–Kier alpha value is -0.890. The normalized spacial score (nSPS) is 12.6. The van der Waals surface area contributed by atoms with Crippen molar-refractivity contribution in [2.24, 2.45) is 0 Å². The molecule has 4 heteroatoms. The van der Waals surface area contributed by atoms with Gasteiger partial charge in [-0.2, -0.15) is 16.6 Å². The molecule has 0 fully saturated rings. The van der Waals surface area contributed by atoms with Crippen molar-refractivity contribution in [3.63, 3.8) is 0 Å². The van der Waals surface area contributed by atoms with Gasteiger partial charge in [0, 0.05) is 0 Å². The fourth-order valence-corrected chi connectivity index (χ4v) is 2.45. The Labute approximate surface area is 108 Å². The van der Waals surface area contributed by atoms with Crippen LogP contribution >= 0.6 is 11.3 Å². The number of rotatable bonds is 8. The van der Waals surface area contributed by atoms with Crippen LogP contribution in [0.3, 0.4) is 0 Å². The first-order valence-corrected chi connectivity index (χ1v) is 7.13. The number of thiophene rings is 1. The van der Waals surface area contributed by atoms with Gasteiger partial charge in [-0.3, -0.25) is 5.32 Å². The monoisotopic (exact) mass is 251 g/mol. The van der Waals surface area contributed by atoms with E-state index in [0.717, 1.165) is 38.2 Å². The second kappa shape index (κ2) is 8.24. The van der Waals surface area contributed by atoms with E-state index in [1.165, 1.54) is 0 Å². The summed E-state index contributed by atoms with van der Waals surface area (Å²) in [5.41, 5.74) is 1.08. The van der Waals surface area contributed by atoms with Gasteiger partial charge in [0.1, 0.15) is 6.04 Å². The van der Waals surface area contributed by atoms with E-state index in [1.807, 2.05) is 16.8 Å². The first kappa shape index (κ1) is 14.2. The van der Waals surface area contributed by atoms with E-state index < -0.39 is 0 Å². The molecule has 0 saturated carbocycles. The van der Waals surface area contributed by atoms with Crippen LogP contribution in [0.4, 0.5) is 0 Å². The highest BCUT2D eigenvalue weighted by atomic mass is 32.1. The zero-order chi connectivity index (χ0) is 12.5. The Balaban J connectivity index is 2.24. The van der Waals surface area contributed by atoms with E-state index in [2.05, 4.69) is 30.1 Å². The van der Waals surface area contributed by atoms with Crippen LogP contribution in [0.1, 0.15) is 31.9 Å². The van der Waals surface area contributed by atoms with Crippen LogP contribution in [0.15, 0.2) is 16.8 Å². The zero-order valence-corrected chi connectivity index (χ0v) is 11.5. The van der Waals surface area contributed by atoms with Crippen molar-refractivity contribution < 1.29 is 0 Å². The Morgan fingerprint density at radius 2 is 2.24 bits per heavy atom. The molecule has 0 spiro atoms. The highest BCUT2D eigenvalue weighted by molar-refractivity contribution is 7.08. The molecule has 0 aliphatic carbocycles. The Morgan fingerprint density at radius 3 is 2.76 bits per heavy atom. The molecular weight excluding hydrogens is 230 g/mol. The van der Waals surface area contributed by atoms with E-state index >= 15 is 0 Å². The number of nitrogens with zero attached hydrogens (tertiary/aromatic N) is 2. The molecule has 94 valence electrons. The number of hydrogen-bond acceptors (Lipinski definition) is 4. The molecule has 1 rings (SSSR count). The maximum absolute atomic E-state index is 9.08. The Bertz CT molecular complexity index is 325. The van der Waals surface area contributed by atoms with Gasteiger partial charge in [0.15, 0.2) is 0 Å². The van der Waals surface area contributed by atoms with Gasteiger partial charge in [0.2, 0.25) is 0 Å². The third-order valence-electron chi connectivity index (χ3n) is 2.90. The fourth-order valence-electron chi connectivity index (χ4n) is 1.77. The van der Waals surface area contributed by atoms with E-state index in [4.69, 9.17) is 5.26 Å². The van der Waals surface area contributed by atoms with E-state index in [0.29, 0.717) is 0 Å². The summed E-state index contributed by atoms with van der Waals surface area (Å²) in [4.78, 5) is 2.40. The minimum Gasteiger partial charge on any atom is -0.304 e. The highest BCUT2D eigenvalue weighted by Gasteiger charge is 2.09. The number of nitrogens with one attached hydrogen (secondary N) is 1. The van der Waals surface area contributed by atoms with Crippen LogP contribution in [0, 0.1) is 11.3 Å². The van der Waals surface area contributed by atoms with E-state index in [1.54, 1.807) is 11.3 Å². The van der Waals surface area contributed by atoms with Gasteiger partial charge >= 0.3 is 0 Å². The number of nitriles is 1. The summed E-state index contributed by atoms with van der Waals surface area (Å²) < 4.78 is 0. The average Bonchev–Trinajstić information content (AvgIpc) is 2.88. The summed E-state index contributed by atoms with van der Waals surface area (Å²) >= 11 is 1.64. The lowest BCUT2D eigenvalue weighted by atomic mass is 10.2. The van der Waals surface area contributed by atoms with Crippen LogP contribution in [-0.2, 0) is 0 Å². The Kier molecular flexibility index (Phi) is 6.87. The lowest BCUT2D eigenvalue weighted by Crippen LogP contribution is -2.28. The minimum absolute atomic E-state index is 0.155. The van der Waals surface area contributed by atoms with Crippen molar-refractivity contribution in [1.29, 1.82) is 5.26 Å². The minimum atomic E-state index is -0.155. The molecule has 0 aromatic carbocycles. The molecule has 17 heavy (non-hydrogen) atoms. The second-order valence-electron chi connectivity index (χ2n) is 3.95. The molecule has 0 saturated heterocycles. The predicted octanol–water partition coefficient (Wildman–Crippen LogP) is 2.63. The summed E-state index contributed by atoms with van der Waals surface area (Å²) in [7, 11) is 0. The van der Waals surface area contributed by atoms with Gasteiger partial charge in [0.05, 0.1) is 6.07 Å². The van der Waals surface area contributed by atoms with Gasteiger partial charge < -0.3 is 4.90 Å². The lowest BCUT2D eigenvalue weighted by Gasteiger charge is -2.18. The predicted molar refractivity (Wildman–Crippen MR) is 73.1 cm³/mol. The molecule has 1 heterocycles. The van der Waals surface area contributed by atoms with Crippen LogP contribution in [0.5, 0.6) is 0 Å². The van der Waals surface area contributed by atoms with Crippen molar-refractivity contribution in [3.8, 4) is 6.07 Å². The van der Waals surface area contributed by atoms with Crippen molar-refractivity contribution >= 4 is 11.3 Å². The smallest absolute Gasteiger partial charge is 0.122 e. The maximum Gasteiger partial charge on any atom is 0.122 e. The van der Waals surface area contributed by atoms with Crippen molar-refractivity contribution in [1.82, 2.24) is 10.2 Å². The largest absolute Gasteiger partial charge is 0.304 e. The van der Waals surface area contributed by atoms with E-state index in [-0.39, 0.29) is 6.04 Å². The number of hydrogen-bond donors (Lipinski definition) is 1. The molecule has 0 bridgehead atoms.